The van der Waals surface area contributed by atoms with Crippen LogP contribution in [0.4, 0.5) is 5.69 Å². The number of carbonyl (C=O) groups is 1. The molecule has 0 aliphatic carbocycles. The minimum absolute atomic E-state index is 0.217. The molecule has 0 bridgehead atoms. The van der Waals surface area contributed by atoms with E-state index in [0.29, 0.717) is 17.1 Å². The van der Waals surface area contributed by atoms with Crippen molar-refractivity contribution in [3.8, 4) is 11.5 Å². The van der Waals surface area contributed by atoms with Gasteiger partial charge in [0.2, 0.25) is 0 Å². The number of hydrogen-bond donors (Lipinski definition) is 1. The van der Waals surface area contributed by atoms with Gasteiger partial charge in [-0.3, -0.25) is 9.36 Å². The van der Waals surface area contributed by atoms with Crippen LogP contribution < -0.4 is 5.32 Å². The lowest BCUT2D eigenvalue weighted by Gasteiger charge is -2.08. The highest BCUT2D eigenvalue weighted by atomic mass is 16.1. The van der Waals surface area contributed by atoms with Crippen LogP contribution in [0.1, 0.15) is 10.4 Å². The number of amides is 1. The Bertz CT molecular complexity index is 1270. The van der Waals surface area contributed by atoms with E-state index in [-0.39, 0.29) is 5.91 Å². The van der Waals surface area contributed by atoms with E-state index in [4.69, 9.17) is 0 Å². The minimum Gasteiger partial charge on any atom is -0.322 e. The molecule has 7 heteroatoms. The van der Waals surface area contributed by atoms with Gasteiger partial charge in [-0.25, -0.2) is 14.6 Å². The summed E-state index contributed by atoms with van der Waals surface area (Å²) < 4.78 is 3.65. The Morgan fingerprint density at radius 1 is 0.897 bits per heavy atom. The number of carbonyl (C=O) groups excluding carboxylic acids is 1. The molecule has 1 amide bonds. The Hall–Kier alpha value is -4.26. The zero-order valence-corrected chi connectivity index (χ0v) is 15.3. The van der Waals surface area contributed by atoms with Crippen molar-refractivity contribution in [2.45, 2.75) is 0 Å². The number of fused-ring (bicyclic) bond motifs is 1. The van der Waals surface area contributed by atoms with E-state index in [0.717, 1.165) is 16.7 Å². The van der Waals surface area contributed by atoms with E-state index < -0.39 is 0 Å². The lowest BCUT2D eigenvalue weighted by Crippen LogP contribution is -2.12. The molecular formula is C22H16N6O. The van der Waals surface area contributed by atoms with Gasteiger partial charge in [-0.2, -0.15) is 5.10 Å². The third kappa shape index (κ3) is 3.25. The third-order valence-electron chi connectivity index (χ3n) is 4.61. The van der Waals surface area contributed by atoms with Crippen LogP contribution in [0.2, 0.25) is 0 Å². The summed E-state index contributed by atoms with van der Waals surface area (Å²) in [6.45, 7) is 0. The zero-order valence-electron chi connectivity index (χ0n) is 15.3. The Morgan fingerprint density at radius 2 is 1.76 bits per heavy atom. The number of nitrogens with one attached hydrogen (secondary N) is 1. The standard InChI is InChI=1S/C22H16N6O/c29-22(16-6-11-21(23-14-16)28-13-3-12-25-28)26-17-7-9-18(10-8-17)27-15-24-19-4-1-2-5-20(19)27/h1-15H,(H,26,29). The normalized spacial score (nSPS) is 10.9. The maximum atomic E-state index is 12.5. The van der Waals surface area contributed by atoms with Gasteiger partial charge in [0, 0.05) is 30.0 Å². The molecule has 0 saturated carbocycles. The quantitative estimate of drug-likeness (QED) is 0.514. The van der Waals surface area contributed by atoms with Crippen molar-refractivity contribution >= 4 is 22.6 Å². The van der Waals surface area contributed by atoms with Crippen LogP contribution in [0.15, 0.2) is 91.6 Å². The number of rotatable bonds is 4. The molecule has 29 heavy (non-hydrogen) atoms. The van der Waals surface area contributed by atoms with E-state index in [1.807, 2.05) is 59.2 Å². The average molecular weight is 380 g/mol. The number of pyridine rings is 1. The molecule has 5 aromatic rings. The van der Waals surface area contributed by atoms with Crippen LogP contribution >= 0.6 is 0 Å². The van der Waals surface area contributed by atoms with Crippen molar-refractivity contribution in [2.75, 3.05) is 5.32 Å². The lowest BCUT2D eigenvalue weighted by atomic mass is 10.2. The molecule has 0 aliphatic rings. The van der Waals surface area contributed by atoms with Gasteiger partial charge in [0.25, 0.3) is 5.91 Å². The van der Waals surface area contributed by atoms with Gasteiger partial charge in [0.1, 0.15) is 6.33 Å². The van der Waals surface area contributed by atoms with E-state index in [1.165, 1.54) is 0 Å². The first-order valence-corrected chi connectivity index (χ1v) is 9.08. The largest absolute Gasteiger partial charge is 0.322 e. The second kappa shape index (κ2) is 7.05. The van der Waals surface area contributed by atoms with E-state index in [2.05, 4.69) is 20.4 Å². The SMILES string of the molecule is O=C(Nc1ccc(-n2cnc3ccccc32)cc1)c1ccc(-n2cccn2)nc1. The highest BCUT2D eigenvalue weighted by Crippen LogP contribution is 2.20. The fraction of sp³-hybridized carbons (Fsp3) is 0. The summed E-state index contributed by atoms with van der Waals surface area (Å²) in [6.07, 6.45) is 6.81. The summed E-state index contributed by atoms with van der Waals surface area (Å²) in [5.74, 6) is 0.439. The number of para-hydroxylation sites is 2. The molecule has 2 aromatic carbocycles. The van der Waals surface area contributed by atoms with Gasteiger partial charge >= 0.3 is 0 Å². The molecule has 140 valence electrons. The van der Waals surface area contributed by atoms with Crippen LogP contribution in [-0.2, 0) is 0 Å². The highest BCUT2D eigenvalue weighted by Gasteiger charge is 2.09. The van der Waals surface area contributed by atoms with E-state index in [1.54, 1.807) is 41.7 Å². The first-order chi connectivity index (χ1) is 14.3. The molecule has 0 fully saturated rings. The van der Waals surface area contributed by atoms with Gasteiger partial charge in [0.05, 0.1) is 16.6 Å². The molecule has 5 rings (SSSR count). The molecule has 1 N–H and O–H groups in total. The molecule has 7 nitrogen and oxygen atoms in total. The molecule has 0 aliphatic heterocycles. The van der Waals surface area contributed by atoms with Gasteiger partial charge in [-0.15, -0.1) is 0 Å². The third-order valence-corrected chi connectivity index (χ3v) is 4.61. The van der Waals surface area contributed by atoms with Gasteiger partial charge in [-0.05, 0) is 54.6 Å². The first kappa shape index (κ1) is 16.9. The summed E-state index contributed by atoms with van der Waals surface area (Å²) in [5.41, 5.74) is 4.13. The summed E-state index contributed by atoms with van der Waals surface area (Å²) in [4.78, 5) is 21.2. The molecule has 3 heterocycles. The van der Waals surface area contributed by atoms with Crippen LogP contribution in [0, 0.1) is 0 Å². The van der Waals surface area contributed by atoms with Crippen molar-refractivity contribution in [3.05, 3.63) is 97.2 Å². The van der Waals surface area contributed by atoms with Crippen LogP contribution in [0.25, 0.3) is 22.5 Å². The lowest BCUT2D eigenvalue weighted by molar-refractivity contribution is 0.102. The fourth-order valence-electron chi connectivity index (χ4n) is 3.13. The maximum absolute atomic E-state index is 12.5. The number of benzene rings is 2. The van der Waals surface area contributed by atoms with Crippen LogP contribution in [-0.4, -0.2) is 30.2 Å². The van der Waals surface area contributed by atoms with Crippen molar-refractivity contribution in [1.82, 2.24) is 24.3 Å². The second-order valence-electron chi connectivity index (χ2n) is 6.46. The minimum atomic E-state index is -0.217. The van der Waals surface area contributed by atoms with Gasteiger partial charge < -0.3 is 5.32 Å². The maximum Gasteiger partial charge on any atom is 0.257 e. The smallest absolute Gasteiger partial charge is 0.257 e. The number of imidazole rings is 1. The predicted molar refractivity (Wildman–Crippen MR) is 110 cm³/mol. The summed E-state index contributed by atoms with van der Waals surface area (Å²) in [5, 5.41) is 7.02. The van der Waals surface area contributed by atoms with Crippen molar-refractivity contribution in [3.63, 3.8) is 0 Å². The average Bonchev–Trinajstić information content (AvgIpc) is 3.45. The molecule has 0 radical (unpaired) electrons. The van der Waals surface area contributed by atoms with Crippen molar-refractivity contribution in [1.29, 1.82) is 0 Å². The first-order valence-electron chi connectivity index (χ1n) is 9.08. The number of aromatic nitrogens is 5. The van der Waals surface area contributed by atoms with Crippen LogP contribution in [0.3, 0.4) is 0 Å². The molecule has 3 aromatic heterocycles. The molecule has 0 atom stereocenters. The molecule has 0 saturated heterocycles. The van der Waals surface area contributed by atoms with Crippen LogP contribution in [0.5, 0.6) is 0 Å². The summed E-state index contributed by atoms with van der Waals surface area (Å²) in [6, 6.07) is 20.9. The number of anilines is 1. The molecular weight excluding hydrogens is 364 g/mol. The van der Waals surface area contributed by atoms with E-state index in [9.17, 15) is 4.79 Å². The highest BCUT2D eigenvalue weighted by molar-refractivity contribution is 6.04. The second-order valence-corrected chi connectivity index (χ2v) is 6.46. The molecule has 0 spiro atoms. The van der Waals surface area contributed by atoms with Crippen molar-refractivity contribution < 1.29 is 4.79 Å². The Morgan fingerprint density at radius 3 is 2.52 bits per heavy atom. The van der Waals surface area contributed by atoms with E-state index >= 15 is 0 Å². The Kier molecular flexibility index (Phi) is 4.10. The topological polar surface area (TPSA) is 77.6 Å². The summed E-state index contributed by atoms with van der Waals surface area (Å²) >= 11 is 0. The molecule has 0 unspecified atom stereocenters. The summed E-state index contributed by atoms with van der Waals surface area (Å²) in [7, 11) is 0. The monoisotopic (exact) mass is 380 g/mol. The predicted octanol–water partition coefficient (Wildman–Crippen LogP) is 3.86. The van der Waals surface area contributed by atoms with Crippen molar-refractivity contribution in [2.24, 2.45) is 0 Å². The zero-order chi connectivity index (χ0) is 19.6. The number of hydrogen-bond acceptors (Lipinski definition) is 4. The van der Waals surface area contributed by atoms with Gasteiger partial charge in [0.15, 0.2) is 5.82 Å². The Labute approximate surface area is 166 Å². The fourth-order valence-corrected chi connectivity index (χ4v) is 3.13. The Balaban J connectivity index is 1.32. The van der Waals surface area contributed by atoms with Gasteiger partial charge in [-0.1, -0.05) is 12.1 Å². The number of nitrogens with zero attached hydrogens (tertiary/aromatic N) is 5.